The first-order chi connectivity index (χ1) is 15.0. The van der Waals surface area contributed by atoms with E-state index in [2.05, 4.69) is 16.8 Å². The quantitative estimate of drug-likeness (QED) is 0.757. The molecule has 2 atom stereocenters. The van der Waals surface area contributed by atoms with Crippen molar-refractivity contribution in [2.24, 2.45) is 17.3 Å². The lowest BCUT2D eigenvalue weighted by molar-refractivity contribution is -0.192. The summed E-state index contributed by atoms with van der Waals surface area (Å²) in [5.41, 5.74) is 1.34. The summed E-state index contributed by atoms with van der Waals surface area (Å²) in [5.74, 6) is -1.28. The van der Waals surface area contributed by atoms with Crippen molar-refractivity contribution in [3.8, 4) is 0 Å². The molecule has 0 bridgehead atoms. The van der Waals surface area contributed by atoms with Crippen molar-refractivity contribution in [1.29, 1.82) is 0 Å². The Morgan fingerprint density at radius 2 is 1.75 bits per heavy atom. The van der Waals surface area contributed by atoms with Crippen LogP contribution in [0.2, 0.25) is 0 Å². The topological polar surface area (TPSA) is 90.8 Å². The number of nitrogens with zero attached hydrogens (tertiary/aromatic N) is 3. The summed E-state index contributed by atoms with van der Waals surface area (Å²) in [6.45, 7) is 5.39. The molecule has 1 saturated carbocycles. The highest BCUT2D eigenvalue weighted by Gasteiger charge is 2.45. The molecule has 2 aliphatic heterocycles. The van der Waals surface area contributed by atoms with Crippen molar-refractivity contribution in [2.75, 3.05) is 19.6 Å². The maximum absolute atomic E-state index is 12.5. The van der Waals surface area contributed by atoms with Crippen LogP contribution in [0.4, 0.5) is 13.2 Å². The maximum atomic E-state index is 12.5. The number of pyridine rings is 1. The molecule has 2 amide bonds. The van der Waals surface area contributed by atoms with Gasteiger partial charge in [-0.25, -0.2) is 4.79 Å². The fraction of sp³-hybridized carbons (Fsp3) is 0.636. The van der Waals surface area contributed by atoms with Crippen LogP contribution in [0.5, 0.6) is 0 Å². The standard InChI is InChI=1S/C20H27N3O2.C2HF3O2/c1-15-12-17(15)19(25)22-10-6-20(7-11-22)5-2-18(24)23(14-20)13-16-3-8-21-9-4-16;3-2(4,5)1(6)7/h3-4,8-9,15,17H,2,5-7,10-14H2,1H3;(H,6,7). The van der Waals surface area contributed by atoms with Gasteiger partial charge in [-0.15, -0.1) is 0 Å². The lowest BCUT2D eigenvalue weighted by atomic mass is 9.72. The van der Waals surface area contributed by atoms with Crippen molar-refractivity contribution >= 4 is 17.8 Å². The van der Waals surface area contributed by atoms with Crippen LogP contribution in [0.1, 0.15) is 44.6 Å². The van der Waals surface area contributed by atoms with Crippen LogP contribution in [0, 0.1) is 17.3 Å². The summed E-state index contributed by atoms with van der Waals surface area (Å²) in [6, 6.07) is 3.96. The summed E-state index contributed by atoms with van der Waals surface area (Å²) in [4.78, 5) is 41.9. The minimum Gasteiger partial charge on any atom is -0.475 e. The number of alkyl halides is 3. The Kier molecular flexibility index (Phi) is 7.09. The second-order valence-electron chi connectivity index (χ2n) is 9.05. The van der Waals surface area contributed by atoms with Crippen molar-refractivity contribution in [2.45, 2.75) is 51.7 Å². The fourth-order valence-electron chi connectivity index (χ4n) is 4.47. The van der Waals surface area contributed by atoms with Gasteiger partial charge in [0.05, 0.1) is 0 Å². The summed E-state index contributed by atoms with van der Waals surface area (Å²) in [7, 11) is 0. The first kappa shape index (κ1) is 24.0. The van der Waals surface area contributed by atoms with Gasteiger partial charge in [-0.1, -0.05) is 6.92 Å². The average molecular weight is 455 g/mol. The number of carbonyl (C=O) groups excluding carboxylic acids is 2. The van der Waals surface area contributed by atoms with E-state index in [1.807, 2.05) is 17.0 Å². The number of likely N-dealkylation sites (tertiary alicyclic amines) is 2. The second kappa shape index (κ2) is 9.46. The molecule has 3 aliphatic rings. The van der Waals surface area contributed by atoms with E-state index in [1.165, 1.54) is 0 Å². The molecule has 10 heteroatoms. The molecule has 7 nitrogen and oxygen atoms in total. The van der Waals surface area contributed by atoms with Crippen LogP contribution in [-0.4, -0.2) is 63.5 Å². The number of hydrogen-bond donors (Lipinski definition) is 1. The minimum absolute atomic E-state index is 0.201. The predicted molar refractivity (Wildman–Crippen MR) is 108 cm³/mol. The average Bonchev–Trinajstić information content (AvgIpc) is 3.48. The zero-order chi connectivity index (χ0) is 23.5. The molecule has 1 N–H and O–H groups in total. The number of aromatic nitrogens is 1. The van der Waals surface area contributed by atoms with Gasteiger partial charge < -0.3 is 14.9 Å². The van der Waals surface area contributed by atoms with Gasteiger partial charge in [0.15, 0.2) is 0 Å². The van der Waals surface area contributed by atoms with Crippen molar-refractivity contribution < 1.29 is 32.7 Å². The van der Waals surface area contributed by atoms with E-state index in [1.54, 1.807) is 12.4 Å². The van der Waals surface area contributed by atoms with Crippen LogP contribution >= 0.6 is 0 Å². The minimum atomic E-state index is -5.08. The Bertz CT molecular complexity index is 839. The van der Waals surface area contributed by atoms with Crippen LogP contribution in [-0.2, 0) is 20.9 Å². The summed E-state index contributed by atoms with van der Waals surface area (Å²) < 4.78 is 31.7. The van der Waals surface area contributed by atoms with Crippen molar-refractivity contribution in [3.63, 3.8) is 0 Å². The molecule has 1 aromatic heterocycles. The van der Waals surface area contributed by atoms with Gasteiger partial charge in [0, 0.05) is 50.9 Å². The maximum Gasteiger partial charge on any atom is 0.490 e. The molecule has 3 fully saturated rings. The molecule has 32 heavy (non-hydrogen) atoms. The fourth-order valence-corrected chi connectivity index (χ4v) is 4.47. The van der Waals surface area contributed by atoms with Gasteiger partial charge in [-0.2, -0.15) is 13.2 Å². The number of carboxylic acids is 1. The molecule has 0 radical (unpaired) electrons. The third-order valence-electron chi connectivity index (χ3n) is 6.68. The van der Waals surface area contributed by atoms with E-state index in [0.29, 0.717) is 24.8 Å². The largest absolute Gasteiger partial charge is 0.490 e. The molecule has 3 heterocycles. The lowest BCUT2D eigenvalue weighted by Gasteiger charge is -2.47. The zero-order valence-electron chi connectivity index (χ0n) is 18.0. The van der Waals surface area contributed by atoms with E-state index in [-0.39, 0.29) is 17.2 Å². The molecule has 2 unspecified atom stereocenters. The Morgan fingerprint density at radius 1 is 1.19 bits per heavy atom. The number of carboxylic acid groups (broad SMARTS) is 1. The molecule has 1 aliphatic carbocycles. The third-order valence-corrected chi connectivity index (χ3v) is 6.68. The number of amides is 2. The highest BCUT2D eigenvalue weighted by atomic mass is 19.4. The number of piperidine rings is 2. The highest BCUT2D eigenvalue weighted by Crippen LogP contribution is 2.43. The van der Waals surface area contributed by atoms with E-state index < -0.39 is 12.1 Å². The first-order valence-corrected chi connectivity index (χ1v) is 10.8. The second-order valence-corrected chi connectivity index (χ2v) is 9.05. The molecular formula is C22H28F3N3O4. The molecule has 1 aromatic rings. The van der Waals surface area contributed by atoms with Gasteiger partial charge in [0.25, 0.3) is 0 Å². The zero-order valence-corrected chi connectivity index (χ0v) is 18.0. The Hall–Kier alpha value is -2.65. The number of carbonyl (C=O) groups is 3. The third kappa shape index (κ3) is 5.98. The van der Waals surface area contributed by atoms with Crippen LogP contribution < -0.4 is 0 Å². The summed E-state index contributed by atoms with van der Waals surface area (Å²) in [6.07, 6.45) is 3.21. The predicted octanol–water partition coefficient (Wildman–Crippen LogP) is 3.10. The van der Waals surface area contributed by atoms with Gasteiger partial charge in [-0.3, -0.25) is 14.6 Å². The van der Waals surface area contributed by atoms with Crippen molar-refractivity contribution in [1.82, 2.24) is 14.8 Å². The summed E-state index contributed by atoms with van der Waals surface area (Å²) >= 11 is 0. The molecule has 2 saturated heterocycles. The van der Waals surface area contributed by atoms with Gasteiger partial charge in [0.2, 0.25) is 11.8 Å². The van der Waals surface area contributed by atoms with Crippen LogP contribution in [0.25, 0.3) is 0 Å². The van der Waals surface area contributed by atoms with Gasteiger partial charge >= 0.3 is 12.1 Å². The molecule has 1 spiro atoms. The van der Waals surface area contributed by atoms with Gasteiger partial charge in [0.1, 0.15) is 0 Å². The molecule has 176 valence electrons. The normalized spacial score (nSPS) is 24.6. The summed E-state index contributed by atoms with van der Waals surface area (Å²) in [5, 5.41) is 7.12. The Morgan fingerprint density at radius 3 is 2.25 bits per heavy atom. The number of rotatable bonds is 3. The first-order valence-electron chi connectivity index (χ1n) is 10.8. The number of aliphatic carboxylic acids is 1. The Balaban J connectivity index is 0.000000360. The Labute approximate surface area is 184 Å². The molecule has 0 aromatic carbocycles. The molecule has 4 rings (SSSR count). The lowest BCUT2D eigenvalue weighted by Crippen LogP contribution is -2.52. The van der Waals surface area contributed by atoms with Crippen molar-refractivity contribution in [3.05, 3.63) is 30.1 Å². The van der Waals surface area contributed by atoms with E-state index in [9.17, 15) is 22.8 Å². The van der Waals surface area contributed by atoms with Gasteiger partial charge in [-0.05, 0) is 54.7 Å². The van der Waals surface area contributed by atoms with Crippen LogP contribution in [0.3, 0.4) is 0 Å². The SMILES string of the molecule is CC1CC1C(=O)N1CCC2(CCC(=O)N(Cc3ccncc3)C2)CC1.O=C(O)C(F)(F)F. The number of hydrogen-bond acceptors (Lipinski definition) is 4. The van der Waals surface area contributed by atoms with E-state index >= 15 is 0 Å². The van der Waals surface area contributed by atoms with E-state index in [4.69, 9.17) is 9.90 Å². The smallest absolute Gasteiger partial charge is 0.475 e. The molecular weight excluding hydrogens is 427 g/mol. The van der Waals surface area contributed by atoms with Crippen LogP contribution in [0.15, 0.2) is 24.5 Å². The monoisotopic (exact) mass is 455 g/mol. The highest BCUT2D eigenvalue weighted by molar-refractivity contribution is 5.81. The van der Waals surface area contributed by atoms with E-state index in [0.717, 1.165) is 50.9 Å². The number of halogens is 3.